The van der Waals surface area contributed by atoms with E-state index in [4.69, 9.17) is 9.16 Å². The Balaban J connectivity index is 2.28. The molecule has 1 rings (SSSR count). The van der Waals surface area contributed by atoms with Crippen molar-refractivity contribution in [1.29, 1.82) is 0 Å². The van der Waals surface area contributed by atoms with Crippen LogP contribution in [0.3, 0.4) is 0 Å². The van der Waals surface area contributed by atoms with E-state index in [0.717, 1.165) is 24.8 Å². The first-order chi connectivity index (χ1) is 8.69. The van der Waals surface area contributed by atoms with Crippen LogP contribution in [0.5, 0.6) is 0 Å². The third kappa shape index (κ3) is 4.90. The minimum atomic E-state index is -1.67. The third-order valence-electron chi connectivity index (χ3n) is 4.31. The number of hydrogen-bond acceptors (Lipinski definition) is 2. The second-order valence-corrected chi connectivity index (χ2v) is 11.8. The van der Waals surface area contributed by atoms with Gasteiger partial charge in [-0.3, -0.25) is 0 Å². The van der Waals surface area contributed by atoms with E-state index in [-0.39, 0.29) is 11.1 Å². The van der Waals surface area contributed by atoms with Crippen LogP contribution in [0.25, 0.3) is 0 Å². The van der Waals surface area contributed by atoms with Crippen molar-refractivity contribution in [3.8, 4) is 0 Å². The molecular weight excluding hydrogens is 252 g/mol. The van der Waals surface area contributed by atoms with Crippen molar-refractivity contribution in [2.75, 3.05) is 6.61 Å². The number of rotatable bonds is 8. The number of hydrogen-bond donors (Lipinski definition) is 0. The zero-order chi connectivity index (χ0) is 14.7. The summed E-state index contributed by atoms with van der Waals surface area (Å²) in [6.07, 6.45) is 5.90. The molecule has 1 aliphatic rings. The summed E-state index contributed by atoms with van der Waals surface area (Å²) in [4.78, 5) is 0. The van der Waals surface area contributed by atoms with Gasteiger partial charge in [0.2, 0.25) is 0 Å². The van der Waals surface area contributed by atoms with Gasteiger partial charge in [-0.05, 0) is 43.0 Å². The van der Waals surface area contributed by atoms with Crippen molar-refractivity contribution in [2.24, 2.45) is 0 Å². The lowest BCUT2D eigenvalue weighted by molar-refractivity contribution is 0.303. The summed E-state index contributed by atoms with van der Waals surface area (Å²) >= 11 is 0. The van der Waals surface area contributed by atoms with E-state index in [0.29, 0.717) is 12.7 Å². The van der Waals surface area contributed by atoms with Crippen LogP contribution in [-0.2, 0) is 9.16 Å². The minimum Gasteiger partial charge on any atom is -0.413 e. The van der Waals surface area contributed by atoms with Crippen molar-refractivity contribution >= 4 is 8.32 Å². The molecule has 0 saturated carbocycles. The summed E-state index contributed by atoms with van der Waals surface area (Å²) in [5.41, 5.74) is 1.11. The molecule has 0 aromatic heterocycles. The first-order valence-electron chi connectivity index (χ1n) is 7.27. The molecule has 19 heavy (non-hydrogen) atoms. The number of ether oxygens (including phenoxy) is 1. The van der Waals surface area contributed by atoms with Gasteiger partial charge in [0, 0.05) is 0 Å². The molecule has 1 heterocycles. The summed E-state index contributed by atoms with van der Waals surface area (Å²) < 4.78 is 11.9. The second kappa shape index (κ2) is 6.38. The zero-order valence-corrected chi connectivity index (χ0v) is 14.3. The molecule has 0 spiro atoms. The van der Waals surface area contributed by atoms with Crippen LogP contribution in [0, 0.1) is 0 Å². The Hall–Kier alpha value is -0.383. The summed E-state index contributed by atoms with van der Waals surface area (Å²) in [5, 5.41) is 0.251. The van der Waals surface area contributed by atoms with E-state index in [2.05, 4.69) is 47.0 Å². The molecule has 1 aliphatic heterocycles. The van der Waals surface area contributed by atoms with Crippen LogP contribution in [-0.4, -0.2) is 27.1 Å². The lowest BCUT2D eigenvalue weighted by atomic mass is 10.1. The van der Waals surface area contributed by atoms with Gasteiger partial charge in [0.1, 0.15) is 6.10 Å². The van der Waals surface area contributed by atoms with Gasteiger partial charge in [-0.15, -0.1) is 6.58 Å². The smallest absolute Gasteiger partial charge is 0.192 e. The topological polar surface area (TPSA) is 21.8 Å². The fraction of sp³-hybridized carbons (Fsp3) is 0.750. The van der Waals surface area contributed by atoms with E-state index < -0.39 is 8.32 Å². The van der Waals surface area contributed by atoms with Crippen LogP contribution in [0.4, 0.5) is 0 Å². The SMILES string of the molecule is C=CCCCC1OC1C(=C)CO[Si](C)(C)C(C)(C)C. The predicted molar refractivity (Wildman–Crippen MR) is 85.0 cm³/mol. The van der Waals surface area contributed by atoms with Gasteiger partial charge in [-0.25, -0.2) is 0 Å². The second-order valence-electron chi connectivity index (χ2n) is 7.02. The van der Waals surface area contributed by atoms with Crippen LogP contribution >= 0.6 is 0 Å². The maximum Gasteiger partial charge on any atom is 0.192 e. The molecule has 110 valence electrons. The number of allylic oxidation sites excluding steroid dienone is 1. The van der Waals surface area contributed by atoms with E-state index >= 15 is 0 Å². The Kier molecular flexibility index (Phi) is 5.60. The third-order valence-corrected chi connectivity index (χ3v) is 8.78. The van der Waals surface area contributed by atoms with Gasteiger partial charge in [0.25, 0.3) is 0 Å². The van der Waals surface area contributed by atoms with E-state index in [1.165, 1.54) is 0 Å². The van der Waals surface area contributed by atoms with Gasteiger partial charge >= 0.3 is 0 Å². The number of epoxide rings is 1. The molecule has 0 radical (unpaired) electrons. The molecule has 1 saturated heterocycles. The molecule has 2 nitrogen and oxygen atoms in total. The maximum atomic E-state index is 6.17. The molecule has 0 aromatic carbocycles. The van der Waals surface area contributed by atoms with Crippen molar-refractivity contribution in [2.45, 2.75) is 70.4 Å². The van der Waals surface area contributed by atoms with E-state index in [1.54, 1.807) is 0 Å². The molecule has 2 atom stereocenters. The van der Waals surface area contributed by atoms with Crippen molar-refractivity contribution in [1.82, 2.24) is 0 Å². The first-order valence-corrected chi connectivity index (χ1v) is 10.2. The summed E-state index contributed by atoms with van der Waals surface area (Å²) in [7, 11) is -1.67. The molecule has 0 aromatic rings. The highest BCUT2D eigenvalue weighted by molar-refractivity contribution is 6.74. The summed E-state index contributed by atoms with van der Waals surface area (Å²) in [5.74, 6) is 0. The lowest BCUT2D eigenvalue weighted by Gasteiger charge is -2.36. The zero-order valence-electron chi connectivity index (χ0n) is 13.3. The van der Waals surface area contributed by atoms with Gasteiger partial charge < -0.3 is 9.16 Å². The monoisotopic (exact) mass is 282 g/mol. The van der Waals surface area contributed by atoms with Gasteiger partial charge in [-0.2, -0.15) is 0 Å². The molecular formula is C16H30O2Si. The van der Waals surface area contributed by atoms with Crippen molar-refractivity contribution < 1.29 is 9.16 Å². The Morgan fingerprint density at radius 2 is 2.00 bits per heavy atom. The van der Waals surface area contributed by atoms with Gasteiger partial charge in [0.05, 0.1) is 12.7 Å². The average Bonchev–Trinajstić information content (AvgIpc) is 3.04. The van der Waals surface area contributed by atoms with Crippen LogP contribution in [0.2, 0.25) is 18.1 Å². The molecule has 0 amide bonds. The largest absolute Gasteiger partial charge is 0.413 e. The van der Waals surface area contributed by atoms with Crippen molar-refractivity contribution in [3.63, 3.8) is 0 Å². The first kappa shape index (κ1) is 16.7. The Bertz CT molecular complexity index is 328. The molecule has 2 unspecified atom stereocenters. The maximum absolute atomic E-state index is 6.17. The Morgan fingerprint density at radius 1 is 1.37 bits per heavy atom. The molecule has 0 N–H and O–H groups in total. The highest BCUT2D eigenvalue weighted by Gasteiger charge is 2.42. The van der Waals surface area contributed by atoms with Crippen LogP contribution < -0.4 is 0 Å². The van der Waals surface area contributed by atoms with Gasteiger partial charge in [-0.1, -0.05) is 33.4 Å². The summed E-state index contributed by atoms with van der Waals surface area (Å²) in [6, 6.07) is 0. The average molecular weight is 282 g/mol. The predicted octanol–water partition coefficient (Wildman–Crippen LogP) is 4.69. The quantitative estimate of drug-likeness (QED) is 0.279. The lowest BCUT2D eigenvalue weighted by Crippen LogP contribution is -2.41. The van der Waals surface area contributed by atoms with E-state index in [9.17, 15) is 0 Å². The summed E-state index contributed by atoms with van der Waals surface area (Å²) in [6.45, 7) is 19.8. The normalized spacial score (nSPS) is 23.2. The molecule has 0 aliphatic carbocycles. The standard InChI is InChI=1S/C16H30O2Si/c1-8-9-10-11-14-15(18-14)13(2)12-17-19(6,7)16(3,4)5/h8,14-15H,1-2,9-12H2,3-7H3. The van der Waals surface area contributed by atoms with Crippen LogP contribution in [0.1, 0.15) is 40.0 Å². The minimum absolute atomic E-state index is 0.231. The highest BCUT2D eigenvalue weighted by Crippen LogP contribution is 2.38. The number of unbranched alkanes of at least 4 members (excludes halogenated alkanes) is 1. The highest BCUT2D eigenvalue weighted by atomic mass is 28.4. The van der Waals surface area contributed by atoms with Gasteiger partial charge in [0.15, 0.2) is 8.32 Å². The fourth-order valence-corrected chi connectivity index (χ4v) is 2.74. The van der Waals surface area contributed by atoms with E-state index in [1.807, 2.05) is 6.08 Å². The van der Waals surface area contributed by atoms with Crippen molar-refractivity contribution in [3.05, 3.63) is 24.8 Å². The molecule has 3 heteroatoms. The molecule has 0 bridgehead atoms. The fourth-order valence-electron chi connectivity index (χ4n) is 1.76. The van der Waals surface area contributed by atoms with Crippen LogP contribution in [0.15, 0.2) is 24.8 Å². The molecule has 1 fully saturated rings. The Labute approximate surface area is 120 Å². The Morgan fingerprint density at radius 3 is 2.53 bits per heavy atom.